The van der Waals surface area contributed by atoms with Crippen LogP contribution in [0.2, 0.25) is 0 Å². The van der Waals surface area contributed by atoms with Crippen molar-refractivity contribution in [2.75, 3.05) is 26.2 Å². The molecule has 144 valence electrons. The Hall–Kier alpha value is -0.410. The molecular formula is C18H34IN5S. The quantitative estimate of drug-likeness (QED) is 0.372. The number of halogens is 1. The van der Waals surface area contributed by atoms with E-state index in [-0.39, 0.29) is 24.0 Å². The van der Waals surface area contributed by atoms with Crippen molar-refractivity contribution < 1.29 is 0 Å². The summed E-state index contributed by atoms with van der Waals surface area (Å²) in [6.07, 6.45) is 2.61. The number of thiazole rings is 1. The third-order valence-electron chi connectivity index (χ3n) is 4.56. The minimum absolute atomic E-state index is 0. The van der Waals surface area contributed by atoms with Gasteiger partial charge in [0.25, 0.3) is 0 Å². The van der Waals surface area contributed by atoms with Crippen molar-refractivity contribution in [3.63, 3.8) is 0 Å². The Balaban J connectivity index is 0.00000312. The molecule has 0 spiro atoms. The van der Waals surface area contributed by atoms with Gasteiger partial charge in [0.1, 0.15) is 0 Å². The minimum Gasteiger partial charge on any atom is -0.357 e. The Kier molecular flexibility index (Phi) is 10.3. The molecule has 7 heteroatoms. The summed E-state index contributed by atoms with van der Waals surface area (Å²) in [6, 6.07) is 0.646. The average molecular weight is 479 g/mol. The van der Waals surface area contributed by atoms with E-state index in [0.29, 0.717) is 18.5 Å². The Bertz CT molecular complexity index is 544. The maximum Gasteiger partial charge on any atom is 0.191 e. The van der Waals surface area contributed by atoms with Gasteiger partial charge < -0.3 is 15.5 Å². The van der Waals surface area contributed by atoms with E-state index in [2.05, 4.69) is 55.1 Å². The number of aryl methyl sites for hydroxylation is 2. The van der Waals surface area contributed by atoms with Crippen LogP contribution in [0.1, 0.15) is 49.2 Å². The molecule has 5 nitrogen and oxygen atoms in total. The van der Waals surface area contributed by atoms with Crippen molar-refractivity contribution in [1.82, 2.24) is 20.5 Å². The summed E-state index contributed by atoms with van der Waals surface area (Å²) < 4.78 is 0. The van der Waals surface area contributed by atoms with E-state index < -0.39 is 0 Å². The Morgan fingerprint density at radius 3 is 2.72 bits per heavy atom. The van der Waals surface area contributed by atoms with E-state index in [9.17, 15) is 0 Å². The zero-order valence-corrected chi connectivity index (χ0v) is 19.4. The predicted octanol–water partition coefficient (Wildman–Crippen LogP) is 3.55. The third kappa shape index (κ3) is 7.38. The first kappa shape index (κ1) is 22.6. The monoisotopic (exact) mass is 479 g/mol. The van der Waals surface area contributed by atoms with Crippen LogP contribution in [-0.2, 0) is 6.54 Å². The summed E-state index contributed by atoms with van der Waals surface area (Å²) in [5.74, 6) is 1.63. The zero-order chi connectivity index (χ0) is 17.5. The molecule has 1 saturated heterocycles. The molecule has 2 rings (SSSR count). The maximum absolute atomic E-state index is 4.75. The molecule has 1 atom stereocenters. The molecule has 0 bridgehead atoms. The number of aromatic nitrogens is 1. The van der Waals surface area contributed by atoms with Gasteiger partial charge in [0.05, 0.1) is 17.2 Å². The second-order valence-electron chi connectivity index (χ2n) is 6.91. The Morgan fingerprint density at radius 1 is 1.36 bits per heavy atom. The lowest BCUT2D eigenvalue weighted by atomic mass is 9.97. The largest absolute Gasteiger partial charge is 0.357 e. The molecule has 25 heavy (non-hydrogen) atoms. The molecule has 0 radical (unpaired) electrons. The highest BCUT2D eigenvalue weighted by Crippen LogP contribution is 2.19. The molecule has 1 fully saturated rings. The number of rotatable bonds is 6. The SMILES string of the molecule is CCNC(=NCc1sc(C)nc1C)NCC1CCCN(C(C)C)C1.I. The third-order valence-corrected chi connectivity index (χ3v) is 5.62. The van der Waals surface area contributed by atoms with Crippen molar-refractivity contribution in [1.29, 1.82) is 0 Å². The van der Waals surface area contributed by atoms with Crippen molar-refractivity contribution in [3.05, 3.63) is 15.6 Å². The first-order chi connectivity index (χ1) is 11.5. The molecule has 1 aliphatic heterocycles. The van der Waals surface area contributed by atoms with Gasteiger partial charge in [-0.15, -0.1) is 35.3 Å². The van der Waals surface area contributed by atoms with Crippen LogP contribution < -0.4 is 10.6 Å². The van der Waals surface area contributed by atoms with E-state index in [1.54, 1.807) is 11.3 Å². The molecule has 0 aromatic carbocycles. The first-order valence-corrected chi connectivity index (χ1v) is 10.00. The number of hydrogen-bond donors (Lipinski definition) is 2. The number of nitrogens with zero attached hydrogens (tertiary/aromatic N) is 3. The lowest BCUT2D eigenvalue weighted by Gasteiger charge is -2.35. The summed E-state index contributed by atoms with van der Waals surface area (Å²) in [5.41, 5.74) is 1.11. The van der Waals surface area contributed by atoms with E-state index in [4.69, 9.17) is 4.99 Å². The second-order valence-corrected chi connectivity index (χ2v) is 8.20. The van der Waals surface area contributed by atoms with Gasteiger partial charge in [-0.1, -0.05) is 0 Å². The first-order valence-electron chi connectivity index (χ1n) is 9.18. The lowest BCUT2D eigenvalue weighted by molar-refractivity contribution is 0.141. The van der Waals surface area contributed by atoms with Gasteiger partial charge in [-0.3, -0.25) is 0 Å². The van der Waals surface area contributed by atoms with Crippen LogP contribution in [-0.4, -0.2) is 48.1 Å². The summed E-state index contributed by atoms with van der Waals surface area (Å²) in [5, 5.41) is 8.02. The Morgan fingerprint density at radius 2 is 2.12 bits per heavy atom. The van der Waals surface area contributed by atoms with Crippen LogP contribution >= 0.6 is 35.3 Å². The number of nitrogens with one attached hydrogen (secondary N) is 2. The standard InChI is InChI=1S/C18H33N5S.HI/c1-6-19-18(21-11-17-14(4)22-15(5)24-17)20-10-16-8-7-9-23(12-16)13(2)3;/h13,16H,6-12H2,1-5H3,(H2,19,20,21);1H. The van der Waals surface area contributed by atoms with Crippen LogP contribution in [0.4, 0.5) is 0 Å². The van der Waals surface area contributed by atoms with Crippen LogP contribution in [0.5, 0.6) is 0 Å². The summed E-state index contributed by atoms with van der Waals surface area (Å²) in [7, 11) is 0. The van der Waals surface area contributed by atoms with Crippen molar-refractivity contribution in [3.8, 4) is 0 Å². The number of guanidine groups is 1. The topological polar surface area (TPSA) is 52.6 Å². The van der Waals surface area contributed by atoms with Gasteiger partial charge in [-0.05, 0) is 59.9 Å². The maximum atomic E-state index is 4.75. The molecule has 0 aliphatic carbocycles. The highest BCUT2D eigenvalue weighted by Gasteiger charge is 2.21. The van der Waals surface area contributed by atoms with Gasteiger partial charge in [0.15, 0.2) is 5.96 Å². The van der Waals surface area contributed by atoms with Crippen molar-refractivity contribution in [2.24, 2.45) is 10.9 Å². The predicted molar refractivity (Wildman–Crippen MR) is 119 cm³/mol. The minimum atomic E-state index is 0. The average Bonchev–Trinajstić information content (AvgIpc) is 2.88. The summed E-state index contributed by atoms with van der Waals surface area (Å²) in [6.45, 7) is 15.8. The molecule has 2 heterocycles. The molecule has 2 N–H and O–H groups in total. The highest BCUT2D eigenvalue weighted by molar-refractivity contribution is 14.0. The molecule has 1 aromatic heterocycles. The number of hydrogen-bond acceptors (Lipinski definition) is 4. The van der Waals surface area contributed by atoms with Crippen molar-refractivity contribution >= 4 is 41.3 Å². The zero-order valence-electron chi connectivity index (χ0n) is 16.3. The molecule has 0 amide bonds. The van der Waals surface area contributed by atoms with Crippen LogP contribution in [0.3, 0.4) is 0 Å². The summed E-state index contributed by atoms with van der Waals surface area (Å²) >= 11 is 1.74. The normalized spacial score (nSPS) is 19.0. The number of piperidine rings is 1. The van der Waals surface area contributed by atoms with Gasteiger partial charge in [0.2, 0.25) is 0 Å². The van der Waals surface area contributed by atoms with E-state index in [1.165, 1.54) is 30.8 Å². The lowest BCUT2D eigenvalue weighted by Crippen LogP contribution is -2.46. The van der Waals surface area contributed by atoms with Gasteiger partial charge in [-0.2, -0.15) is 0 Å². The van der Waals surface area contributed by atoms with Crippen LogP contribution in [0.25, 0.3) is 0 Å². The highest BCUT2D eigenvalue weighted by atomic mass is 127. The summed E-state index contributed by atoms with van der Waals surface area (Å²) in [4.78, 5) is 13.1. The number of aliphatic imine (C=N–C) groups is 1. The molecule has 1 aromatic rings. The smallest absolute Gasteiger partial charge is 0.191 e. The molecule has 1 aliphatic rings. The van der Waals surface area contributed by atoms with Gasteiger partial charge in [-0.25, -0.2) is 9.98 Å². The molecule has 1 unspecified atom stereocenters. The van der Waals surface area contributed by atoms with Crippen LogP contribution in [0.15, 0.2) is 4.99 Å². The van der Waals surface area contributed by atoms with Crippen molar-refractivity contribution in [2.45, 2.75) is 60.0 Å². The molecular weight excluding hydrogens is 445 g/mol. The molecule has 0 saturated carbocycles. The van der Waals surface area contributed by atoms with E-state index in [0.717, 1.165) is 29.8 Å². The fourth-order valence-electron chi connectivity index (χ4n) is 3.19. The van der Waals surface area contributed by atoms with Gasteiger partial charge in [0, 0.05) is 30.6 Å². The fraction of sp³-hybridized carbons (Fsp3) is 0.778. The second kappa shape index (κ2) is 11.3. The fourth-order valence-corrected chi connectivity index (χ4v) is 4.05. The Labute approximate surface area is 174 Å². The van der Waals surface area contributed by atoms with E-state index in [1.807, 2.05) is 0 Å². The van der Waals surface area contributed by atoms with E-state index >= 15 is 0 Å². The van der Waals surface area contributed by atoms with Gasteiger partial charge >= 0.3 is 0 Å². The van der Waals surface area contributed by atoms with Crippen LogP contribution in [0, 0.1) is 19.8 Å². The number of likely N-dealkylation sites (tertiary alicyclic amines) is 1.